The van der Waals surface area contributed by atoms with Gasteiger partial charge < -0.3 is 24.8 Å². The molecule has 3 aromatic carbocycles. The summed E-state index contributed by atoms with van der Waals surface area (Å²) in [6, 6.07) is 19.5. The maximum atomic E-state index is 13.4. The molecule has 33 heavy (non-hydrogen) atoms. The second-order valence-electron chi connectivity index (χ2n) is 8.62. The number of primary amides is 1. The molecule has 1 amide bonds. The van der Waals surface area contributed by atoms with E-state index in [0.29, 0.717) is 31.2 Å². The van der Waals surface area contributed by atoms with Gasteiger partial charge in [0.15, 0.2) is 6.61 Å². The van der Waals surface area contributed by atoms with Crippen molar-refractivity contribution in [1.82, 2.24) is 0 Å². The van der Waals surface area contributed by atoms with E-state index in [0.717, 1.165) is 40.1 Å². The lowest BCUT2D eigenvalue weighted by Crippen LogP contribution is -2.40. The largest absolute Gasteiger partial charge is 0.493 e. The van der Waals surface area contributed by atoms with E-state index >= 15 is 0 Å². The number of carbonyl (C=O) groups is 2. The number of hydrogen-bond donors (Lipinski definition) is 1. The van der Waals surface area contributed by atoms with Crippen molar-refractivity contribution >= 4 is 17.6 Å². The Morgan fingerprint density at radius 1 is 1.06 bits per heavy atom. The molecule has 6 rings (SSSR count). The fourth-order valence-corrected chi connectivity index (χ4v) is 5.10. The first-order valence-electron chi connectivity index (χ1n) is 10.9. The summed E-state index contributed by atoms with van der Waals surface area (Å²) in [6.07, 6.45) is 0.836. The van der Waals surface area contributed by atoms with Gasteiger partial charge in [-0.15, -0.1) is 0 Å². The van der Waals surface area contributed by atoms with Crippen LogP contribution in [0.1, 0.15) is 22.3 Å². The summed E-state index contributed by atoms with van der Waals surface area (Å²) in [5.74, 6) is 1.22. The Balaban J connectivity index is 1.34. The smallest absolute Gasteiger partial charge is 0.328 e. The molecule has 0 aliphatic carbocycles. The molecule has 7 nitrogen and oxygen atoms in total. The van der Waals surface area contributed by atoms with Crippen molar-refractivity contribution < 1.29 is 23.8 Å². The third-order valence-corrected chi connectivity index (χ3v) is 6.61. The maximum absolute atomic E-state index is 13.4. The van der Waals surface area contributed by atoms with E-state index in [1.165, 1.54) is 0 Å². The van der Waals surface area contributed by atoms with E-state index in [4.69, 9.17) is 19.9 Å². The Labute approximate surface area is 190 Å². The van der Waals surface area contributed by atoms with Gasteiger partial charge in [0.25, 0.3) is 5.91 Å². The number of anilines is 1. The fourth-order valence-electron chi connectivity index (χ4n) is 5.10. The molecule has 3 aliphatic rings. The third-order valence-electron chi connectivity index (χ3n) is 6.61. The van der Waals surface area contributed by atoms with E-state index in [-0.39, 0.29) is 12.6 Å². The average molecular weight is 442 g/mol. The number of carbonyl (C=O) groups excluding carboxylic acids is 2. The molecule has 0 saturated carbocycles. The van der Waals surface area contributed by atoms with Gasteiger partial charge in [-0.25, -0.2) is 0 Å². The van der Waals surface area contributed by atoms with Gasteiger partial charge in [-0.1, -0.05) is 30.3 Å². The minimum Gasteiger partial charge on any atom is -0.493 e. The van der Waals surface area contributed by atoms with Crippen molar-refractivity contribution in [2.75, 3.05) is 24.7 Å². The zero-order valence-corrected chi connectivity index (χ0v) is 17.9. The Kier molecular flexibility index (Phi) is 4.33. The van der Waals surface area contributed by atoms with Gasteiger partial charge in [0.2, 0.25) is 0 Å². The quantitative estimate of drug-likeness (QED) is 0.483. The summed E-state index contributed by atoms with van der Waals surface area (Å²) in [6.45, 7) is 1.61. The fraction of sp³-hybridized carbons (Fsp3) is 0.231. The predicted molar refractivity (Wildman–Crippen MR) is 121 cm³/mol. The van der Waals surface area contributed by atoms with Crippen LogP contribution in [0.4, 0.5) is 5.69 Å². The zero-order valence-electron chi connectivity index (χ0n) is 17.9. The number of rotatable bonds is 5. The molecule has 0 saturated heterocycles. The number of nitrogens with two attached hydrogens (primary N) is 1. The zero-order chi connectivity index (χ0) is 22.6. The molecule has 3 aliphatic heterocycles. The SMILES string of the molecule is NC(=O)COc1ccc(CN2CC3(C(=O)Oc4cc5c(cc43)CCO5)c3ccccc32)cc1. The van der Waals surface area contributed by atoms with Crippen LogP contribution in [-0.2, 0) is 28.0 Å². The predicted octanol–water partition coefficient (Wildman–Crippen LogP) is 2.71. The van der Waals surface area contributed by atoms with Gasteiger partial charge in [0.05, 0.1) is 6.61 Å². The molecule has 1 spiro atoms. The standard InChI is InChI=1S/C26H22N2O5/c27-24(29)14-32-18-7-5-16(6-8-18)13-28-15-26(19-3-1-2-4-21(19)28)20-11-17-9-10-31-22(17)12-23(20)33-25(26)30/h1-8,11-12H,9-10,13-15H2,(H2,27,29). The Morgan fingerprint density at radius 2 is 1.88 bits per heavy atom. The topological polar surface area (TPSA) is 91.1 Å². The lowest BCUT2D eigenvalue weighted by Gasteiger charge is -2.24. The number of esters is 1. The van der Waals surface area contributed by atoms with Crippen molar-refractivity contribution in [2.24, 2.45) is 5.73 Å². The summed E-state index contributed by atoms with van der Waals surface area (Å²) in [4.78, 5) is 26.5. The summed E-state index contributed by atoms with van der Waals surface area (Å²) in [5, 5.41) is 0. The van der Waals surface area contributed by atoms with E-state index < -0.39 is 11.3 Å². The van der Waals surface area contributed by atoms with Crippen molar-refractivity contribution in [3.63, 3.8) is 0 Å². The molecule has 1 atom stereocenters. The van der Waals surface area contributed by atoms with Crippen LogP contribution in [0.3, 0.4) is 0 Å². The lowest BCUT2D eigenvalue weighted by molar-refractivity contribution is -0.136. The van der Waals surface area contributed by atoms with Crippen LogP contribution >= 0.6 is 0 Å². The first-order chi connectivity index (χ1) is 16.0. The highest BCUT2D eigenvalue weighted by molar-refractivity contribution is 5.99. The van der Waals surface area contributed by atoms with Crippen LogP contribution < -0.4 is 24.8 Å². The van der Waals surface area contributed by atoms with Crippen LogP contribution in [0.25, 0.3) is 0 Å². The van der Waals surface area contributed by atoms with E-state index in [1.54, 1.807) is 0 Å². The number of nitrogens with zero attached hydrogens (tertiary/aromatic N) is 1. The van der Waals surface area contributed by atoms with Gasteiger partial charge in [-0.3, -0.25) is 9.59 Å². The molecule has 1 unspecified atom stereocenters. The number of amides is 1. The Bertz CT molecular complexity index is 1290. The van der Waals surface area contributed by atoms with Crippen LogP contribution in [0, 0.1) is 0 Å². The molecule has 166 valence electrons. The highest BCUT2D eigenvalue weighted by Gasteiger charge is 2.56. The normalized spacial score (nSPS) is 19.6. The third kappa shape index (κ3) is 3.03. The van der Waals surface area contributed by atoms with Crippen LogP contribution in [-0.4, -0.2) is 31.6 Å². The van der Waals surface area contributed by atoms with Crippen LogP contribution in [0.15, 0.2) is 60.7 Å². The molecule has 7 heteroatoms. The summed E-state index contributed by atoms with van der Waals surface area (Å²) in [5.41, 5.74) is 9.37. The van der Waals surface area contributed by atoms with Crippen LogP contribution in [0.2, 0.25) is 0 Å². The Morgan fingerprint density at radius 3 is 2.70 bits per heavy atom. The van der Waals surface area contributed by atoms with Gasteiger partial charge >= 0.3 is 5.97 Å². The maximum Gasteiger partial charge on any atom is 0.328 e. The molecular weight excluding hydrogens is 420 g/mol. The second-order valence-corrected chi connectivity index (χ2v) is 8.62. The Hall–Kier alpha value is -4.00. The second kappa shape index (κ2) is 7.27. The average Bonchev–Trinajstić information content (AvgIpc) is 3.48. The summed E-state index contributed by atoms with van der Waals surface area (Å²) < 4.78 is 16.8. The number of fused-ring (bicyclic) bond motifs is 5. The van der Waals surface area contributed by atoms with Gasteiger partial charge in [-0.2, -0.15) is 0 Å². The number of para-hydroxylation sites is 1. The number of hydrogen-bond acceptors (Lipinski definition) is 6. The number of benzene rings is 3. The van der Waals surface area contributed by atoms with E-state index in [9.17, 15) is 9.59 Å². The minimum atomic E-state index is -0.853. The minimum absolute atomic E-state index is 0.155. The first-order valence-corrected chi connectivity index (χ1v) is 10.9. The lowest BCUT2D eigenvalue weighted by atomic mass is 9.76. The van der Waals surface area contributed by atoms with Gasteiger partial charge in [-0.05, 0) is 41.0 Å². The molecule has 0 fully saturated rings. The van der Waals surface area contributed by atoms with Crippen molar-refractivity contribution in [1.29, 1.82) is 0 Å². The molecule has 3 aromatic rings. The van der Waals surface area contributed by atoms with Crippen molar-refractivity contribution in [3.8, 4) is 17.2 Å². The number of ether oxygens (including phenoxy) is 3. The van der Waals surface area contributed by atoms with Crippen LogP contribution in [0.5, 0.6) is 17.2 Å². The van der Waals surface area contributed by atoms with Crippen molar-refractivity contribution in [2.45, 2.75) is 18.4 Å². The van der Waals surface area contributed by atoms with Gasteiger partial charge in [0.1, 0.15) is 22.7 Å². The molecular formula is C26H22N2O5. The highest BCUT2D eigenvalue weighted by atomic mass is 16.5. The summed E-state index contributed by atoms with van der Waals surface area (Å²) in [7, 11) is 0. The first kappa shape index (κ1) is 19.7. The molecule has 0 bridgehead atoms. The molecule has 3 heterocycles. The molecule has 0 radical (unpaired) electrons. The highest BCUT2D eigenvalue weighted by Crippen LogP contribution is 2.54. The monoisotopic (exact) mass is 442 g/mol. The van der Waals surface area contributed by atoms with Crippen molar-refractivity contribution in [3.05, 3.63) is 82.9 Å². The van der Waals surface area contributed by atoms with Gasteiger partial charge in [0, 0.05) is 36.8 Å². The molecule has 2 N–H and O–H groups in total. The summed E-state index contributed by atoms with van der Waals surface area (Å²) >= 11 is 0. The molecule has 0 aromatic heterocycles. The van der Waals surface area contributed by atoms with E-state index in [2.05, 4.69) is 17.0 Å². The van der Waals surface area contributed by atoms with E-state index in [1.807, 2.05) is 48.5 Å².